The van der Waals surface area contributed by atoms with Crippen molar-refractivity contribution in [3.63, 3.8) is 0 Å². The molecule has 4 heteroatoms. The largest absolute Gasteiger partial charge is 0.339 e. The Labute approximate surface area is 124 Å². The summed E-state index contributed by atoms with van der Waals surface area (Å²) >= 11 is 0. The SMILES string of the molecule is Cn1c([C@H]2CC(=O)N(C3CCCC3)C2)nc2ccccc21. The molecule has 2 heterocycles. The highest BCUT2D eigenvalue weighted by Gasteiger charge is 2.37. The fraction of sp³-hybridized carbons (Fsp3) is 0.529. The minimum absolute atomic E-state index is 0.246. The molecule has 2 aliphatic rings. The Bertz CT molecular complexity index is 684. The van der Waals surface area contributed by atoms with Crippen LogP contribution in [0.1, 0.15) is 43.8 Å². The van der Waals surface area contributed by atoms with Gasteiger partial charge in [-0.25, -0.2) is 4.98 Å². The molecule has 2 aromatic rings. The maximum Gasteiger partial charge on any atom is 0.223 e. The summed E-state index contributed by atoms with van der Waals surface area (Å²) in [6, 6.07) is 8.68. The first-order chi connectivity index (χ1) is 10.2. The van der Waals surface area contributed by atoms with Gasteiger partial charge < -0.3 is 9.47 Å². The zero-order chi connectivity index (χ0) is 14.4. The number of nitrogens with zero attached hydrogens (tertiary/aromatic N) is 3. The smallest absolute Gasteiger partial charge is 0.223 e. The van der Waals surface area contributed by atoms with Crippen molar-refractivity contribution in [1.82, 2.24) is 14.5 Å². The fourth-order valence-corrected chi connectivity index (χ4v) is 4.00. The molecular weight excluding hydrogens is 262 g/mol. The van der Waals surface area contributed by atoms with E-state index in [-0.39, 0.29) is 5.92 Å². The van der Waals surface area contributed by atoms with Crippen LogP contribution in [0.3, 0.4) is 0 Å². The van der Waals surface area contributed by atoms with Gasteiger partial charge in [0.2, 0.25) is 5.91 Å². The van der Waals surface area contributed by atoms with E-state index in [1.54, 1.807) is 0 Å². The van der Waals surface area contributed by atoms with Crippen molar-refractivity contribution in [3.05, 3.63) is 30.1 Å². The minimum Gasteiger partial charge on any atom is -0.339 e. The zero-order valence-electron chi connectivity index (χ0n) is 12.5. The number of amides is 1. The summed E-state index contributed by atoms with van der Waals surface area (Å²) < 4.78 is 2.16. The molecule has 4 rings (SSSR count). The van der Waals surface area contributed by atoms with Crippen molar-refractivity contribution in [3.8, 4) is 0 Å². The van der Waals surface area contributed by atoms with Crippen LogP contribution in [0, 0.1) is 0 Å². The lowest BCUT2D eigenvalue weighted by Gasteiger charge is -2.24. The Morgan fingerprint density at radius 2 is 1.95 bits per heavy atom. The van der Waals surface area contributed by atoms with Gasteiger partial charge >= 0.3 is 0 Å². The highest BCUT2D eigenvalue weighted by atomic mass is 16.2. The van der Waals surface area contributed by atoms with Crippen LogP contribution in [0.5, 0.6) is 0 Å². The van der Waals surface area contributed by atoms with E-state index >= 15 is 0 Å². The third kappa shape index (κ3) is 2.04. The number of carbonyl (C=O) groups excluding carboxylic acids is 1. The third-order valence-electron chi connectivity index (χ3n) is 5.11. The van der Waals surface area contributed by atoms with Crippen molar-refractivity contribution in [2.45, 2.75) is 44.1 Å². The number of fused-ring (bicyclic) bond motifs is 1. The van der Waals surface area contributed by atoms with Gasteiger partial charge in [0.05, 0.1) is 11.0 Å². The first-order valence-corrected chi connectivity index (χ1v) is 7.95. The van der Waals surface area contributed by atoms with Crippen molar-refractivity contribution >= 4 is 16.9 Å². The van der Waals surface area contributed by atoms with E-state index in [9.17, 15) is 4.79 Å². The summed E-state index contributed by atoms with van der Waals surface area (Å²) in [5.74, 6) is 1.62. The molecule has 1 aromatic carbocycles. The molecule has 21 heavy (non-hydrogen) atoms. The molecule has 4 nitrogen and oxygen atoms in total. The number of rotatable bonds is 2. The number of hydrogen-bond donors (Lipinski definition) is 0. The van der Waals surface area contributed by atoms with Crippen LogP contribution in [0.25, 0.3) is 11.0 Å². The van der Waals surface area contributed by atoms with Gasteiger partial charge in [-0.3, -0.25) is 4.79 Å². The molecule has 110 valence electrons. The predicted octanol–water partition coefficient (Wildman–Crippen LogP) is 2.83. The minimum atomic E-state index is 0.246. The van der Waals surface area contributed by atoms with Crippen LogP contribution >= 0.6 is 0 Å². The standard InChI is InChI=1S/C17H21N3O/c1-19-15-9-5-4-8-14(15)18-17(19)12-10-16(21)20(11-12)13-6-2-3-7-13/h4-5,8-9,12-13H,2-3,6-7,10-11H2,1H3/t12-/m0/s1. The number of aromatic nitrogens is 2. The second-order valence-corrected chi connectivity index (χ2v) is 6.40. The molecule has 1 atom stereocenters. The molecule has 0 radical (unpaired) electrons. The third-order valence-corrected chi connectivity index (χ3v) is 5.11. The van der Waals surface area contributed by atoms with E-state index < -0.39 is 0 Å². The van der Waals surface area contributed by atoms with Gasteiger partial charge in [-0.05, 0) is 25.0 Å². The second kappa shape index (κ2) is 4.86. The quantitative estimate of drug-likeness (QED) is 0.850. The van der Waals surface area contributed by atoms with Crippen LogP contribution in [0.2, 0.25) is 0 Å². The number of hydrogen-bond acceptors (Lipinski definition) is 2. The fourth-order valence-electron chi connectivity index (χ4n) is 4.00. The lowest BCUT2D eigenvalue weighted by molar-refractivity contribution is -0.129. The first-order valence-electron chi connectivity index (χ1n) is 7.95. The number of aryl methyl sites for hydroxylation is 1. The molecule has 1 aliphatic carbocycles. The Hall–Kier alpha value is -1.84. The van der Waals surface area contributed by atoms with Crippen LogP contribution < -0.4 is 0 Å². The van der Waals surface area contributed by atoms with Gasteiger partial charge in [0.15, 0.2) is 0 Å². The Morgan fingerprint density at radius 1 is 1.19 bits per heavy atom. The van der Waals surface area contributed by atoms with Crippen molar-refractivity contribution in [2.24, 2.45) is 7.05 Å². The summed E-state index contributed by atoms with van der Waals surface area (Å²) in [4.78, 5) is 19.3. The Morgan fingerprint density at radius 3 is 2.71 bits per heavy atom. The van der Waals surface area contributed by atoms with Crippen molar-refractivity contribution in [2.75, 3.05) is 6.54 Å². The predicted molar refractivity (Wildman–Crippen MR) is 82.0 cm³/mol. The van der Waals surface area contributed by atoms with Gasteiger partial charge in [-0.15, -0.1) is 0 Å². The van der Waals surface area contributed by atoms with Gasteiger partial charge in [0.1, 0.15) is 5.82 Å². The van der Waals surface area contributed by atoms with E-state index in [1.807, 2.05) is 18.2 Å². The van der Waals surface area contributed by atoms with E-state index in [1.165, 1.54) is 25.7 Å². The highest BCUT2D eigenvalue weighted by molar-refractivity contribution is 5.81. The van der Waals surface area contributed by atoms with Gasteiger partial charge in [-0.2, -0.15) is 0 Å². The van der Waals surface area contributed by atoms with Crippen LogP contribution in [0.15, 0.2) is 24.3 Å². The highest BCUT2D eigenvalue weighted by Crippen LogP contribution is 2.34. The van der Waals surface area contributed by atoms with Crippen LogP contribution in [-0.4, -0.2) is 32.9 Å². The molecule has 2 fully saturated rings. The first kappa shape index (κ1) is 12.9. The maximum atomic E-state index is 12.4. The van der Waals surface area contributed by atoms with Gasteiger partial charge in [-0.1, -0.05) is 25.0 Å². The molecule has 1 amide bonds. The lowest BCUT2D eigenvalue weighted by atomic mass is 10.1. The lowest BCUT2D eigenvalue weighted by Crippen LogP contribution is -2.34. The van der Waals surface area contributed by atoms with Crippen molar-refractivity contribution < 1.29 is 4.79 Å². The number of imidazole rings is 1. The van der Waals surface area contributed by atoms with Crippen molar-refractivity contribution in [1.29, 1.82) is 0 Å². The molecule has 1 aliphatic heterocycles. The molecular formula is C17H21N3O. The summed E-state index contributed by atoms with van der Waals surface area (Å²) in [5.41, 5.74) is 2.18. The summed E-state index contributed by atoms with van der Waals surface area (Å²) in [5, 5.41) is 0. The van der Waals surface area contributed by atoms with E-state index in [4.69, 9.17) is 4.98 Å². The molecule has 0 N–H and O–H groups in total. The zero-order valence-corrected chi connectivity index (χ0v) is 12.5. The molecule has 0 bridgehead atoms. The number of para-hydroxylation sites is 2. The van der Waals surface area contributed by atoms with E-state index in [0.29, 0.717) is 18.4 Å². The van der Waals surface area contributed by atoms with Crippen LogP contribution in [0.4, 0.5) is 0 Å². The number of carbonyl (C=O) groups is 1. The van der Waals surface area contributed by atoms with Gasteiger partial charge in [0.25, 0.3) is 0 Å². The number of likely N-dealkylation sites (tertiary alicyclic amines) is 1. The summed E-state index contributed by atoms with van der Waals surface area (Å²) in [7, 11) is 2.06. The summed E-state index contributed by atoms with van der Waals surface area (Å²) in [6.45, 7) is 0.848. The summed E-state index contributed by atoms with van der Waals surface area (Å²) in [6.07, 6.45) is 5.52. The molecule has 0 spiro atoms. The Kier molecular flexibility index (Phi) is 2.98. The topological polar surface area (TPSA) is 38.1 Å². The monoisotopic (exact) mass is 283 g/mol. The second-order valence-electron chi connectivity index (χ2n) is 6.40. The maximum absolute atomic E-state index is 12.4. The molecule has 0 unspecified atom stereocenters. The molecule has 1 saturated carbocycles. The average Bonchev–Trinajstić information content (AvgIpc) is 3.19. The van der Waals surface area contributed by atoms with E-state index in [0.717, 1.165) is 23.4 Å². The van der Waals surface area contributed by atoms with E-state index in [2.05, 4.69) is 22.6 Å². The Balaban J connectivity index is 1.64. The normalized spacial score (nSPS) is 23.6. The average molecular weight is 283 g/mol. The molecule has 1 saturated heterocycles. The van der Waals surface area contributed by atoms with Gasteiger partial charge in [0, 0.05) is 32.0 Å². The van der Waals surface area contributed by atoms with Crippen LogP contribution in [-0.2, 0) is 11.8 Å². The molecule has 1 aromatic heterocycles. The number of benzene rings is 1.